The summed E-state index contributed by atoms with van der Waals surface area (Å²) >= 11 is 0. The number of aryl methyl sites for hydroxylation is 1. The molecule has 3 heteroatoms. The minimum atomic E-state index is -0.216. The van der Waals surface area contributed by atoms with Crippen molar-refractivity contribution in [2.75, 3.05) is 11.9 Å². The van der Waals surface area contributed by atoms with Gasteiger partial charge in [0.05, 0.1) is 5.69 Å². The van der Waals surface area contributed by atoms with E-state index in [1.54, 1.807) is 0 Å². The molecule has 112 valence electrons. The third-order valence-electron chi connectivity index (χ3n) is 4.44. The summed E-state index contributed by atoms with van der Waals surface area (Å²) in [6, 6.07) is 5.80. The van der Waals surface area contributed by atoms with Crippen LogP contribution in [0.4, 0.5) is 5.69 Å². The molecule has 2 N–H and O–H groups in total. The minimum Gasteiger partial charge on any atom is -0.384 e. The molecule has 1 saturated carbocycles. The third-order valence-corrected chi connectivity index (χ3v) is 4.44. The van der Waals surface area contributed by atoms with Gasteiger partial charge < -0.3 is 10.4 Å². The maximum atomic E-state index is 12.7. The van der Waals surface area contributed by atoms with Gasteiger partial charge in [0.15, 0.2) is 0 Å². The van der Waals surface area contributed by atoms with Crippen LogP contribution in [0.1, 0.15) is 50.2 Å². The molecule has 3 nitrogen and oxygen atoms in total. The Morgan fingerprint density at radius 3 is 2.71 bits per heavy atom. The Morgan fingerprint density at radius 2 is 2.10 bits per heavy atom. The van der Waals surface area contributed by atoms with Crippen molar-refractivity contribution in [3.8, 4) is 11.8 Å². The van der Waals surface area contributed by atoms with Crippen molar-refractivity contribution in [2.24, 2.45) is 5.41 Å². The van der Waals surface area contributed by atoms with Gasteiger partial charge in [0, 0.05) is 11.0 Å². The lowest BCUT2D eigenvalue weighted by Crippen LogP contribution is -2.33. The third kappa shape index (κ3) is 3.46. The number of hydrogen-bond acceptors (Lipinski definition) is 2. The highest BCUT2D eigenvalue weighted by atomic mass is 16.2. The van der Waals surface area contributed by atoms with Gasteiger partial charge in [-0.2, -0.15) is 0 Å². The smallest absolute Gasteiger partial charge is 0.230 e. The predicted molar refractivity (Wildman–Crippen MR) is 85.0 cm³/mol. The lowest BCUT2D eigenvalue weighted by atomic mass is 9.82. The summed E-state index contributed by atoms with van der Waals surface area (Å²) in [5, 5.41) is 11.9. The molecule has 0 radical (unpaired) electrons. The fraction of sp³-hybridized carbons (Fsp3) is 0.500. The number of aliphatic hydroxyl groups excluding tert-OH is 1. The molecule has 1 aromatic carbocycles. The summed E-state index contributed by atoms with van der Waals surface area (Å²) in [5.74, 6) is 5.68. The summed E-state index contributed by atoms with van der Waals surface area (Å²) in [4.78, 5) is 12.7. The van der Waals surface area contributed by atoms with Crippen molar-refractivity contribution in [3.05, 3.63) is 29.3 Å². The number of anilines is 1. The molecule has 1 aliphatic rings. The summed E-state index contributed by atoms with van der Waals surface area (Å²) in [7, 11) is 0. The highest BCUT2D eigenvalue weighted by Gasteiger charge is 2.39. The first kappa shape index (κ1) is 15.6. The molecule has 1 aromatic rings. The summed E-state index contributed by atoms with van der Waals surface area (Å²) in [6.45, 7) is 3.90. The number of carbonyl (C=O) groups excluding carboxylic acids is 1. The fourth-order valence-electron chi connectivity index (χ4n) is 3.05. The van der Waals surface area contributed by atoms with Crippen molar-refractivity contribution in [1.29, 1.82) is 0 Å². The van der Waals surface area contributed by atoms with E-state index in [-0.39, 0.29) is 17.9 Å². The van der Waals surface area contributed by atoms with Gasteiger partial charge in [0.1, 0.15) is 6.61 Å². The van der Waals surface area contributed by atoms with E-state index >= 15 is 0 Å². The van der Waals surface area contributed by atoms with Crippen molar-refractivity contribution < 1.29 is 9.90 Å². The first-order valence-corrected chi connectivity index (χ1v) is 7.63. The zero-order chi connectivity index (χ0) is 15.3. The zero-order valence-electron chi connectivity index (χ0n) is 12.8. The van der Waals surface area contributed by atoms with E-state index in [0.29, 0.717) is 0 Å². The molecule has 0 aromatic heterocycles. The van der Waals surface area contributed by atoms with Crippen LogP contribution in [0, 0.1) is 24.2 Å². The van der Waals surface area contributed by atoms with Crippen LogP contribution in [0.3, 0.4) is 0 Å². The lowest BCUT2D eigenvalue weighted by Gasteiger charge is -2.26. The monoisotopic (exact) mass is 285 g/mol. The molecular weight excluding hydrogens is 262 g/mol. The van der Waals surface area contributed by atoms with Crippen LogP contribution in [-0.2, 0) is 4.79 Å². The molecule has 0 atom stereocenters. The molecule has 1 fully saturated rings. The molecular formula is C18H23NO2. The minimum absolute atomic E-state index is 0.110. The van der Waals surface area contributed by atoms with E-state index in [1.807, 2.05) is 25.1 Å². The standard InChI is InChI=1S/C18H23NO2/c1-3-18(10-4-5-11-18)17(21)19-16-9-8-14(2)13-15(16)7-6-12-20/h8-9,13,20H,3-5,10-12H2,1-2H3,(H,19,21). The van der Waals surface area contributed by atoms with Gasteiger partial charge in [-0.3, -0.25) is 4.79 Å². The molecule has 0 aliphatic heterocycles. The highest BCUT2D eigenvalue weighted by molar-refractivity contribution is 5.96. The van der Waals surface area contributed by atoms with E-state index < -0.39 is 0 Å². The van der Waals surface area contributed by atoms with Crippen molar-refractivity contribution >= 4 is 11.6 Å². The fourth-order valence-corrected chi connectivity index (χ4v) is 3.05. The van der Waals surface area contributed by atoms with E-state index in [9.17, 15) is 4.79 Å². The molecule has 1 amide bonds. The predicted octanol–water partition coefficient (Wildman–Crippen LogP) is 3.25. The Hall–Kier alpha value is -1.79. The summed E-state index contributed by atoms with van der Waals surface area (Å²) in [5.41, 5.74) is 2.38. The van der Waals surface area contributed by atoms with Crippen molar-refractivity contribution in [1.82, 2.24) is 0 Å². The van der Waals surface area contributed by atoms with Gasteiger partial charge in [0.2, 0.25) is 5.91 Å². The molecule has 0 saturated heterocycles. The number of benzene rings is 1. The second-order valence-electron chi connectivity index (χ2n) is 5.80. The Morgan fingerprint density at radius 1 is 1.38 bits per heavy atom. The van der Waals surface area contributed by atoms with Crippen LogP contribution in [0.2, 0.25) is 0 Å². The van der Waals surface area contributed by atoms with Gasteiger partial charge >= 0.3 is 0 Å². The molecule has 0 heterocycles. The quantitative estimate of drug-likeness (QED) is 0.838. The van der Waals surface area contributed by atoms with Crippen LogP contribution in [0.25, 0.3) is 0 Å². The number of carbonyl (C=O) groups is 1. The molecule has 0 unspecified atom stereocenters. The van der Waals surface area contributed by atoms with Crippen LogP contribution in [-0.4, -0.2) is 17.6 Å². The Kier molecular flexibility index (Phi) is 5.03. The molecule has 1 aliphatic carbocycles. The average molecular weight is 285 g/mol. The molecule has 2 rings (SSSR count). The molecule has 0 bridgehead atoms. The SMILES string of the molecule is CCC1(C(=O)Nc2ccc(C)cc2C#CCO)CCCC1. The Bertz CT molecular complexity index is 575. The van der Waals surface area contributed by atoms with Gasteiger partial charge in [-0.25, -0.2) is 0 Å². The van der Waals surface area contributed by atoms with E-state index in [1.165, 1.54) is 0 Å². The second-order valence-corrected chi connectivity index (χ2v) is 5.80. The van der Waals surface area contributed by atoms with Crippen molar-refractivity contribution in [3.63, 3.8) is 0 Å². The number of hydrogen-bond donors (Lipinski definition) is 2. The first-order valence-electron chi connectivity index (χ1n) is 7.63. The number of nitrogens with one attached hydrogen (secondary N) is 1. The molecule has 21 heavy (non-hydrogen) atoms. The van der Waals surface area contributed by atoms with Crippen LogP contribution >= 0.6 is 0 Å². The van der Waals surface area contributed by atoms with Gasteiger partial charge in [-0.05, 0) is 43.9 Å². The number of amides is 1. The maximum Gasteiger partial charge on any atom is 0.230 e. The number of rotatable bonds is 3. The van der Waals surface area contributed by atoms with Crippen LogP contribution in [0.5, 0.6) is 0 Å². The summed E-state index contributed by atoms with van der Waals surface area (Å²) in [6.07, 6.45) is 5.08. The zero-order valence-corrected chi connectivity index (χ0v) is 12.8. The van der Waals surface area contributed by atoms with E-state index in [2.05, 4.69) is 24.1 Å². The Balaban J connectivity index is 2.24. The Labute approximate surface area is 126 Å². The normalized spacial score (nSPS) is 16.1. The topological polar surface area (TPSA) is 49.3 Å². The van der Waals surface area contributed by atoms with Crippen molar-refractivity contribution in [2.45, 2.75) is 46.0 Å². The van der Waals surface area contributed by atoms with E-state index in [4.69, 9.17) is 5.11 Å². The van der Waals surface area contributed by atoms with E-state index in [0.717, 1.165) is 48.9 Å². The molecule has 0 spiro atoms. The number of aliphatic hydroxyl groups is 1. The largest absolute Gasteiger partial charge is 0.384 e. The average Bonchev–Trinajstić information content (AvgIpc) is 2.97. The second kappa shape index (κ2) is 6.78. The van der Waals surface area contributed by atoms with Crippen LogP contribution < -0.4 is 5.32 Å². The van der Waals surface area contributed by atoms with Crippen LogP contribution in [0.15, 0.2) is 18.2 Å². The lowest BCUT2D eigenvalue weighted by molar-refractivity contribution is -0.125. The van der Waals surface area contributed by atoms with Gasteiger partial charge in [-0.15, -0.1) is 0 Å². The maximum absolute atomic E-state index is 12.7. The highest BCUT2D eigenvalue weighted by Crippen LogP contribution is 2.42. The summed E-state index contributed by atoms with van der Waals surface area (Å²) < 4.78 is 0. The van der Waals surface area contributed by atoms with Gasteiger partial charge in [-0.1, -0.05) is 37.7 Å². The van der Waals surface area contributed by atoms with Gasteiger partial charge in [0.25, 0.3) is 0 Å². The first-order chi connectivity index (χ1) is 10.1.